The Labute approximate surface area is 118 Å². The number of anilines is 1. The monoisotopic (exact) mass is 306 g/mol. The van der Waals surface area contributed by atoms with E-state index >= 15 is 0 Å². The average Bonchev–Trinajstić information content (AvgIpc) is 2.31. The van der Waals surface area contributed by atoms with Crippen LogP contribution in [0.15, 0.2) is 22.7 Å². The third kappa shape index (κ3) is 2.54. The van der Waals surface area contributed by atoms with Crippen molar-refractivity contribution in [1.82, 2.24) is 0 Å². The maximum atomic E-state index is 9.19. The van der Waals surface area contributed by atoms with Gasteiger partial charge in [-0.2, -0.15) is 5.26 Å². The zero-order valence-electron chi connectivity index (χ0n) is 11.2. The van der Waals surface area contributed by atoms with Crippen molar-refractivity contribution in [3.63, 3.8) is 0 Å². The average molecular weight is 307 g/mol. The first kappa shape index (κ1) is 13.4. The van der Waals surface area contributed by atoms with Gasteiger partial charge in [-0.25, -0.2) is 0 Å². The Bertz CT molecular complexity index is 488. The summed E-state index contributed by atoms with van der Waals surface area (Å²) in [4.78, 5) is 2.40. The quantitative estimate of drug-likeness (QED) is 0.780. The fourth-order valence-electron chi connectivity index (χ4n) is 2.64. The lowest BCUT2D eigenvalue weighted by Gasteiger charge is -2.42. The van der Waals surface area contributed by atoms with Crippen molar-refractivity contribution >= 4 is 21.6 Å². The predicted molar refractivity (Wildman–Crippen MR) is 78.6 cm³/mol. The molecule has 0 aromatic heterocycles. The van der Waals surface area contributed by atoms with Crippen LogP contribution >= 0.6 is 15.9 Å². The number of nitrogens with zero attached hydrogens (tertiary/aromatic N) is 2. The van der Waals surface area contributed by atoms with Crippen LogP contribution in [-0.2, 0) is 0 Å². The fraction of sp³-hybridized carbons (Fsp3) is 0.533. The van der Waals surface area contributed by atoms with Crippen LogP contribution in [0.5, 0.6) is 0 Å². The summed E-state index contributed by atoms with van der Waals surface area (Å²) in [6.45, 7) is 8.42. The summed E-state index contributed by atoms with van der Waals surface area (Å²) in [7, 11) is 0. The lowest BCUT2D eigenvalue weighted by atomic mass is 9.74. The van der Waals surface area contributed by atoms with E-state index in [0.29, 0.717) is 0 Å². The molecule has 1 aromatic carbocycles. The van der Waals surface area contributed by atoms with E-state index in [1.807, 2.05) is 0 Å². The Hall–Kier alpha value is -1.01. The molecule has 1 fully saturated rings. The van der Waals surface area contributed by atoms with Crippen LogP contribution in [0.3, 0.4) is 0 Å². The molecule has 96 valence electrons. The van der Waals surface area contributed by atoms with Crippen molar-refractivity contribution in [1.29, 1.82) is 5.26 Å². The normalized spacial score (nSPS) is 22.6. The zero-order chi connectivity index (χ0) is 13.3. The first-order valence-corrected chi connectivity index (χ1v) is 7.14. The Balaban J connectivity index is 2.21. The Morgan fingerprint density at radius 1 is 1.44 bits per heavy atom. The molecule has 0 saturated carbocycles. The van der Waals surface area contributed by atoms with Gasteiger partial charge in [0.2, 0.25) is 0 Å². The number of piperidine rings is 1. The summed E-state index contributed by atoms with van der Waals surface area (Å²) in [6, 6.07) is 8.93. The molecule has 1 saturated heterocycles. The minimum absolute atomic E-state index is 0.0635. The Kier molecular flexibility index (Phi) is 3.68. The van der Waals surface area contributed by atoms with E-state index in [4.69, 9.17) is 0 Å². The molecule has 2 rings (SSSR count). The molecule has 0 amide bonds. The highest BCUT2D eigenvalue weighted by molar-refractivity contribution is 9.10. The van der Waals surface area contributed by atoms with E-state index in [0.717, 1.165) is 24.0 Å². The second kappa shape index (κ2) is 4.93. The molecule has 1 unspecified atom stereocenters. The number of hydrogen-bond acceptors (Lipinski definition) is 2. The topological polar surface area (TPSA) is 27.0 Å². The van der Waals surface area contributed by atoms with Crippen LogP contribution < -0.4 is 4.90 Å². The minimum Gasteiger partial charge on any atom is -0.371 e. The second-order valence-electron chi connectivity index (χ2n) is 5.81. The van der Waals surface area contributed by atoms with E-state index < -0.39 is 0 Å². The molecule has 1 heterocycles. The van der Waals surface area contributed by atoms with Crippen LogP contribution in [0.4, 0.5) is 5.69 Å². The molecule has 1 aromatic rings. The molecular weight excluding hydrogens is 288 g/mol. The lowest BCUT2D eigenvalue weighted by molar-refractivity contribution is 0.226. The summed E-state index contributed by atoms with van der Waals surface area (Å²) in [5, 5.41) is 9.19. The highest BCUT2D eigenvalue weighted by atomic mass is 79.9. The van der Waals surface area contributed by atoms with Crippen LogP contribution in [-0.4, -0.2) is 13.1 Å². The molecule has 2 nitrogen and oxygen atoms in total. The van der Waals surface area contributed by atoms with Crippen LogP contribution in [0, 0.1) is 29.6 Å². The van der Waals surface area contributed by atoms with E-state index in [9.17, 15) is 5.26 Å². The third-order valence-electron chi connectivity index (χ3n) is 3.89. The Morgan fingerprint density at radius 2 is 2.17 bits per heavy atom. The number of halogens is 1. The van der Waals surface area contributed by atoms with Crippen molar-refractivity contribution in [3.05, 3.63) is 28.2 Å². The molecule has 0 radical (unpaired) electrons. The van der Waals surface area contributed by atoms with Crippen molar-refractivity contribution in [2.45, 2.75) is 27.2 Å². The first-order chi connectivity index (χ1) is 8.44. The zero-order valence-corrected chi connectivity index (χ0v) is 12.8. The molecule has 0 spiro atoms. The maximum Gasteiger partial charge on any atom is 0.0662 e. The van der Waals surface area contributed by atoms with E-state index in [1.165, 1.54) is 11.3 Å². The number of hydrogen-bond donors (Lipinski definition) is 0. The van der Waals surface area contributed by atoms with Crippen LogP contribution in [0.1, 0.15) is 25.8 Å². The van der Waals surface area contributed by atoms with Gasteiger partial charge in [-0.05, 0) is 42.5 Å². The molecule has 1 atom stereocenters. The van der Waals surface area contributed by atoms with Gasteiger partial charge in [0, 0.05) is 23.2 Å². The highest BCUT2D eigenvalue weighted by Crippen LogP contribution is 2.37. The molecular formula is C15H19BrN2. The molecule has 0 bridgehead atoms. The number of benzene rings is 1. The first-order valence-electron chi connectivity index (χ1n) is 6.35. The molecule has 18 heavy (non-hydrogen) atoms. The van der Waals surface area contributed by atoms with Crippen molar-refractivity contribution in [2.24, 2.45) is 11.3 Å². The third-order valence-corrected chi connectivity index (χ3v) is 4.78. The van der Waals surface area contributed by atoms with Crippen molar-refractivity contribution in [3.8, 4) is 6.07 Å². The van der Waals surface area contributed by atoms with Gasteiger partial charge in [0.1, 0.15) is 0 Å². The molecule has 1 aliphatic rings. The SMILES string of the molecule is Cc1cc(N2CCC(C#N)C(C)(C)C2)ccc1Br. The number of rotatable bonds is 1. The molecule has 0 N–H and O–H groups in total. The summed E-state index contributed by atoms with van der Waals surface area (Å²) in [5.74, 6) is 0.172. The van der Waals surface area contributed by atoms with Gasteiger partial charge >= 0.3 is 0 Å². The van der Waals surface area contributed by atoms with Gasteiger partial charge in [-0.3, -0.25) is 0 Å². The smallest absolute Gasteiger partial charge is 0.0662 e. The summed E-state index contributed by atoms with van der Waals surface area (Å²) >= 11 is 3.53. The highest BCUT2D eigenvalue weighted by Gasteiger charge is 2.36. The Morgan fingerprint density at radius 3 is 2.72 bits per heavy atom. The molecule has 1 aliphatic heterocycles. The number of nitriles is 1. The van der Waals surface area contributed by atoms with E-state index in [1.54, 1.807) is 0 Å². The summed E-state index contributed by atoms with van der Waals surface area (Å²) in [6.07, 6.45) is 0.957. The van der Waals surface area contributed by atoms with Gasteiger partial charge < -0.3 is 4.90 Å². The minimum atomic E-state index is 0.0635. The summed E-state index contributed by atoms with van der Waals surface area (Å²) < 4.78 is 1.15. The van der Waals surface area contributed by atoms with Gasteiger partial charge in [0.05, 0.1) is 12.0 Å². The lowest BCUT2D eigenvalue weighted by Crippen LogP contribution is -2.45. The number of aryl methyl sites for hydroxylation is 1. The van der Waals surface area contributed by atoms with E-state index in [-0.39, 0.29) is 11.3 Å². The predicted octanol–water partition coefficient (Wildman–Crippen LogP) is 4.13. The fourth-order valence-corrected chi connectivity index (χ4v) is 2.89. The van der Waals surface area contributed by atoms with E-state index in [2.05, 4.69) is 65.9 Å². The maximum absolute atomic E-state index is 9.19. The van der Waals surface area contributed by atoms with Gasteiger partial charge in [-0.15, -0.1) is 0 Å². The second-order valence-corrected chi connectivity index (χ2v) is 6.67. The molecule has 0 aliphatic carbocycles. The van der Waals surface area contributed by atoms with Crippen LogP contribution in [0.25, 0.3) is 0 Å². The summed E-state index contributed by atoms with van der Waals surface area (Å²) in [5.41, 5.74) is 2.58. The van der Waals surface area contributed by atoms with Gasteiger partial charge in [0.25, 0.3) is 0 Å². The standard InChI is InChI=1S/C15H19BrN2/c1-11-8-13(4-5-14(11)16)18-7-6-12(9-17)15(2,3)10-18/h4-5,8,12H,6-7,10H2,1-3H3. The van der Waals surface area contributed by atoms with Crippen molar-refractivity contribution in [2.75, 3.05) is 18.0 Å². The largest absolute Gasteiger partial charge is 0.371 e. The van der Waals surface area contributed by atoms with Crippen LogP contribution in [0.2, 0.25) is 0 Å². The van der Waals surface area contributed by atoms with Gasteiger partial charge in [-0.1, -0.05) is 29.8 Å². The van der Waals surface area contributed by atoms with Gasteiger partial charge in [0.15, 0.2) is 0 Å². The van der Waals surface area contributed by atoms with Crippen molar-refractivity contribution < 1.29 is 0 Å². The molecule has 3 heteroatoms.